The van der Waals surface area contributed by atoms with Crippen molar-refractivity contribution in [3.63, 3.8) is 0 Å². The Bertz CT molecular complexity index is 962. The molecule has 0 aromatic heterocycles. The zero-order valence-corrected chi connectivity index (χ0v) is 16.7. The van der Waals surface area contributed by atoms with Crippen LogP contribution < -0.4 is 16.2 Å². The molecular formula is C21H22N4O6. The molecule has 0 aliphatic carbocycles. The van der Waals surface area contributed by atoms with Crippen molar-refractivity contribution in [2.45, 2.75) is 0 Å². The van der Waals surface area contributed by atoms with Crippen LogP contribution in [-0.4, -0.2) is 61.6 Å². The summed E-state index contributed by atoms with van der Waals surface area (Å²) in [6, 6.07) is 12.0. The Balaban J connectivity index is 1.52. The second-order valence-electron chi connectivity index (χ2n) is 6.57. The van der Waals surface area contributed by atoms with Crippen molar-refractivity contribution in [1.29, 1.82) is 0 Å². The Morgan fingerprint density at radius 3 is 2.10 bits per heavy atom. The summed E-state index contributed by atoms with van der Waals surface area (Å²) in [6.07, 6.45) is 0. The minimum Gasteiger partial charge on any atom is -0.452 e. The van der Waals surface area contributed by atoms with Gasteiger partial charge in [0.15, 0.2) is 12.6 Å². The quantitative estimate of drug-likeness (QED) is 0.299. The molecule has 0 bridgehead atoms. The van der Waals surface area contributed by atoms with Crippen LogP contribution >= 0.6 is 0 Å². The van der Waals surface area contributed by atoms with Gasteiger partial charge in [-0.25, -0.2) is 14.6 Å². The number of morpholine rings is 1. The highest BCUT2D eigenvalue weighted by molar-refractivity contribution is 5.93. The SMILES string of the molecule is NC(N)=Nc1ccc(C(=O)Oc2ccc(C(=O)OCC(=O)N3CCOCC3)cc2)cc1. The van der Waals surface area contributed by atoms with Crippen molar-refractivity contribution in [3.05, 3.63) is 59.7 Å². The lowest BCUT2D eigenvalue weighted by molar-refractivity contribution is -0.138. The minimum absolute atomic E-state index is 0.0839. The Morgan fingerprint density at radius 1 is 0.903 bits per heavy atom. The van der Waals surface area contributed by atoms with Crippen LogP contribution in [-0.2, 0) is 14.3 Å². The maximum atomic E-state index is 12.2. The predicted molar refractivity (Wildman–Crippen MR) is 111 cm³/mol. The summed E-state index contributed by atoms with van der Waals surface area (Å²) in [7, 11) is 0. The molecule has 1 aliphatic heterocycles. The molecule has 162 valence electrons. The Labute approximate surface area is 178 Å². The molecule has 1 saturated heterocycles. The number of esters is 2. The number of amides is 1. The molecule has 0 atom stereocenters. The van der Waals surface area contributed by atoms with E-state index in [1.807, 2.05) is 0 Å². The van der Waals surface area contributed by atoms with Crippen molar-refractivity contribution in [3.8, 4) is 5.75 Å². The molecule has 4 N–H and O–H groups in total. The Kier molecular flexibility index (Phi) is 7.17. The summed E-state index contributed by atoms with van der Waals surface area (Å²) in [5.41, 5.74) is 11.7. The van der Waals surface area contributed by atoms with Crippen LogP contribution in [0.25, 0.3) is 0 Å². The van der Waals surface area contributed by atoms with Crippen LogP contribution in [0.5, 0.6) is 5.75 Å². The monoisotopic (exact) mass is 426 g/mol. The van der Waals surface area contributed by atoms with Crippen molar-refractivity contribution >= 4 is 29.5 Å². The van der Waals surface area contributed by atoms with E-state index >= 15 is 0 Å². The molecule has 10 heteroatoms. The van der Waals surface area contributed by atoms with Gasteiger partial charge < -0.3 is 30.6 Å². The van der Waals surface area contributed by atoms with Crippen LogP contribution in [0.2, 0.25) is 0 Å². The highest BCUT2D eigenvalue weighted by Crippen LogP contribution is 2.17. The summed E-state index contributed by atoms with van der Waals surface area (Å²) in [6.45, 7) is 1.56. The lowest BCUT2D eigenvalue weighted by Crippen LogP contribution is -2.42. The molecule has 0 unspecified atom stereocenters. The molecule has 3 rings (SSSR count). The molecule has 0 spiro atoms. The number of carbonyl (C=O) groups excluding carboxylic acids is 3. The first-order valence-electron chi connectivity index (χ1n) is 9.47. The number of benzene rings is 2. The van der Waals surface area contributed by atoms with Gasteiger partial charge in [0, 0.05) is 13.1 Å². The minimum atomic E-state index is -0.644. The summed E-state index contributed by atoms with van der Waals surface area (Å²) in [5, 5.41) is 0. The highest BCUT2D eigenvalue weighted by atomic mass is 16.5. The van der Waals surface area contributed by atoms with E-state index in [0.29, 0.717) is 37.6 Å². The largest absolute Gasteiger partial charge is 0.452 e. The van der Waals surface area contributed by atoms with Crippen LogP contribution in [0.3, 0.4) is 0 Å². The van der Waals surface area contributed by atoms with Crippen LogP contribution in [0, 0.1) is 0 Å². The second kappa shape index (κ2) is 10.2. The van der Waals surface area contributed by atoms with Crippen molar-refractivity contribution < 1.29 is 28.6 Å². The maximum Gasteiger partial charge on any atom is 0.343 e. The normalized spacial score (nSPS) is 13.2. The molecule has 1 amide bonds. The number of hydrogen-bond donors (Lipinski definition) is 2. The van der Waals surface area contributed by atoms with Gasteiger partial charge in [0.1, 0.15) is 5.75 Å². The van der Waals surface area contributed by atoms with Crippen LogP contribution in [0.4, 0.5) is 5.69 Å². The zero-order chi connectivity index (χ0) is 22.2. The van der Waals surface area contributed by atoms with Crippen LogP contribution in [0.15, 0.2) is 53.5 Å². The van der Waals surface area contributed by atoms with Crippen molar-refractivity contribution in [2.24, 2.45) is 16.5 Å². The Hall–Kier alpha value is -3.92. The van der Waals surface area contributed by atoms with E-state index in [1.54, 1.807) is 17.0 Å². The first kappa shape index (κ1) is 21.8. The molecule has 2 aromatic carbocycles. The number of ether oxygens (including phenoxy) is 3. The molecule has 0 saturated carbocycles. The number of guanidine groups is 1. The van der Waals surface area contributed by atoms with Gasteiger partial charge >= 0.3 is 11.9 Å². The topological polar surface area (TPSA) is 147 Å². The van der Waals surface area contributed by atoms with E-state index in [4.69, 9.17) is 25.7 Å². The fourth-order valence-electron chi connectivity index (χ4n) is 2.76. The van der Waals surface area contributed by atoms with E-state index in [1.165, 1.54) is 36.4 Å². The molecule has 10 nitrogen and oxygen atoms in total. The maximum absolute atomic E-state index is 12.2. The van der Waals surface area contributed by atoms with Gasteiger partial charge in [-0.3, -0.25) is 4.79 Å². The molecule has 1 aliphatic rings. The summed E-state index contributed by atoms with van der Waals surface area (Å²) in [4.78, 5) is 41.9. The van der Waals surface area contributed by atoms with Gasteiger partial charge in [-0.05, 0) is 48.5 Å². The van der Waals surface area contributed by atoms with E-state index in [0.717, 1.165) is 0 Å². The van der Waals surface area contributed by atoms with Crippen molar-refractivity contribution in [2.75, 3.05) is 32.9 Å². The summed E-state index contributed by atoms with van der Waals surface area (Å²) >= 11 is 0. The van der Waals surface area contributed by atoms with E-state index < -0.39 is 11.9 Å². The van der Waals surface area contributed by atoms with Gasteiger partial charge in [-0.1, -0.05) is 0 Å². The van der Waals surface area contributed by atoms with Gasteiger partial charge in [-0.15, -0.1) is 0 Å². The van der Waals surface area contributed by atoms with E-state index in [9.17, 15) is 14.4 Å². The number of nitrogens with two attached hydrogens (primary N) is 2. The standard InChI is InChI=1S/C21H22N4O6/c22-21(23)24-16-5-1-15(2-6-16)20(28)31-17-7-3-14(4-8-17)19(27)30-13-18(26)25-9-11-29-12-10-25/h1-8H,9-13H2,(H4,22,23,24). The fourth-order valence-corrected chi connectivity index (χ4v) is 2.76. The fraction of sp³-hybridized carbons (Fsp3) is 0.238. The second-order valence-corrected chi connectivity index (χ2v) is 6.57. The number of rotatable bonds is 6. The average molecular weight is 426 g/mol. The lowest BCUT2D eigenvalue weighted by Gasteiger charge is -2.26. The molecule has 0 radical (unpaired) electrons. The third-order valence-electron chi connectivity index (χ3n) is 4.35. The molecule has 1 fully saturated rings. The lowest BCUT2D eigenvalue weighted by atomic mass is 10.2. The number of hydrogen-bond acceptors (Lipinski definition) is 7. The Morgan fingerprint density at radius 2 is 1.48 bits per heavy atom. The van der Waals surface area contributed by atoms with E-state index in [-0.39, 0.29) is 29.8 Å². The molecular weight excluding hydrogens is 404 g/mol. The predicted octanol–water partition coefficient (Wildman–Crippen LogP) is 0.826. The summed E-state index contributed by atoms with van der Waals surface area (Å²) < 4.78 is 15.5. The smallest absolute Gasteiger partial charge is 0.343 e. The van der Waals surface area contributed by atoms with Gasteiger partial charge in [0.2, 0.25) is 0 Å². The van der Waals surface area contributed by atoms with Gasteiger partial charge in [0.05, 0.1) is 30.0 Å². The number of nitrogens with zero attached hydrogens (tertiary/aromatic N) is 2. The molecule has 31 heavy (non-hydrogen) atoms. The average Bonchev–Trinajstić information content (AvgIpc) is 2.78. The summed E-state index contributed by atoms with van der Waals surface area (Å²) in [5.74, 6) is -1.33. The van der Waals surface area contributed by atoms with Gasteiger partial charge in [-0.2, -0.15) is 0 Å². The number of carbonyl (C=O) groups is 3. The zero-order valence-electron chi connectivity index (χ0n) is 16.7. The molecule has 1 heterocycles. The first-order valence-corrected chi connectivity index (χ1v) is 9.47. The van der Waals surface area contributed by atoms with Gasteiger partial charge in [0.25, 0.3) is 5.91 Å². The first-order chi connectivity index (χ1) is 14.9. The van der Waals surface area contributed by atoms with Crippen LogP contribution in [0.1, 0.15) is 20.7 Å². The van der Waals surface area contributed by atoms with E-state index in [2.05, 4.69) is 4.99 Å². The molecule has 2 aromatic rings. The number of aliphatic imine (C=N–C) groups is 1. The highest BCUT2D eigenvalue weighted by Gasteiger charge is 2.19. The van der Waals surface area contributed by atoms with Crippen molar-refractivity contribution in [1.82, 2.24) is 4.90 Å². The third-order valence-corrected chi connectivity index (χ3v) is 4.35. The third kappa shape index (κ3) is 6.28.